The Morgan fingerprint density at radius 2 is 2.00 bits per heavy atom. The van der Waals surface area contributed by atoms with Crippen molar-refractivity contribution in [3.63, 3.8) is 0 Å². The smallest absolute Gasteiger partial charge is 0.258 e. The molecule has 0 unspecified atom stereocenters. The number of methoxy groups -OCH3 is 1. The lowest BCUT2D eigenvalue weighted by Gasteiger charge is -2.00. The number of aromatic nitrogens is 5. The van der Waals surface area contributed by atoms with Gasteiger partial charge in [0.2, 0.25) is 5.82 Å². The lowest BCUT2D eigenvalue weighted by atomic mass is 10.2. The zero-order valence-corrected chi connectivity index (χ0v) is 13.8. The first kappa shape index (κ1) is 15.9. The molecule has 0 aliphatic carbocycles. The Hall–Kier alpha value is -3.55. The van der Waals surface area contributed by atoms with E-state index in [9.17, 15) is 4.39 Å². The Morgan fingerprint density at radius 3 is 2.77 bits per heavy atom. The number of rotatable bonds is 5. The summed E-state index contributed by atoms with van der Waals surface area (Å²) in [5.41, 5.74) is 2.04. The molecule has 0 N–H and O–H groups in total. The third kappa shape index (κ3) is 3.30. The molecule has 2 aromatic heterocycles. The van der Waals surface area contributed by atoms with Crippen LogP contribution in [0, 0.1) is 5.82 Å². The number of halogens is 1. The van der Waals surface area contributed by atoms with Crippen LogP contribution in [0.15, 0.2) is 59.3 Å². The Morgan fingerprint density at radius 1 is 1.15 bits per heavy atom. The Labute approximate surface area is 148 Å². The summed E-state index contributed by atoms with van der Waals surface area (Å²) in [5.74, 6) is 1.17. The van der Waals surface area contributed by atoms with E-state index in [0.29, 0.717) is 24.0 Å². The van der Waals surface area contributed by atoms with Gasteiger partial charge in [-0.3, -0.25) is 0 Å². The van der Waals surface area contributed by atoms with Gasteiger partial charge in [0.25, 0.3) is 5.89 Å². The van der Waals surface area contributed by atoms with E-state index in [1.165, 1.54) is 12.1 Å². The standard InChI is InChI=1S/C18H14FN5O2/c1-25-15-7-5-13(6-8-15)18-20-17(22-26-18)16-11-24(23-21-16)10-12-3-2-4-14(19)9-12/h2-9,11H,10H2,1H3. The minimum Gasteiger partial charge on any atom is -0.497 e. The fourth-order valence-corrected chi connectivity index (χ4v) is 2.48. The number of ether oxygens (including phenoxy) is 1. The number of benzene rings is 2. The number of nitrogens with zero attached hydrogens (tertiary/aromatic N) is 5. The maximum absolute atomic E-state index is 13.3. The molecule has 2 aromatic carbocycles. The lowest BCUT2D eigenvalue weighted by Crippen LogP contribution is -2.00. The van der Waals surface area contributed by atoms with Crippen LogP contribution in [0.25, 0.3) is 23.0 Å². The Bertz CT molecular complexity index is 1030. The highest BCUT2D eigenvalue weighted by Gasteiger charge is 2.14. The van der Waals surface area contributed by atoms with Gasteiger partial charge in [0.05, 0.1) is 19.9 Å². The molecular weight excluding hydrogens is 337 g/mol. The zero-order valence-electron chi connectivity index (χ0n) is 13.8. The van der Waals surface area contributed by atoms with E-state index < -0.39 is 0 Å². The maximum atomic E-state index is 13.3. The minimum atomic E-state index is -0.287. The predicted molar refractivity (Wildman–Crippen MR) is 90.8 cm³/mol. The molecule has 8 heteroatoms. The molecule has 0 radical (unpaired) electrons. The van der Waals surface area contributed by atoms with Crippen molar-refractivity contribution in [3.05, 3.63) is 66.1 Å². The second kappa shape index (κ2) is 6.75. The molecule has 0 bridgehead atoms. The van der Waals surface area contributed by atoms with Gasteiger partial charge < -0.3 is 9.26 Å². The van der Waals surface area contributed by atoms with Crippen LogP contribution >= 0.6 is 0 Å². The third-order valence-electron chi connectivity index (χ3n) is 3.76. The van der Waals surface area contributed by atoms with Gasteiger partial charge in [-0.1, -0.05) is 22.5 Å². The number of hydrogen-bond donors (Lipinski definition) is 0. The summed E-state index contributed by atoms with van der Waals surface area (Å²) in [6, 6.07) is 13.6. The van der Waals surface area contributed by atoms with Crippen molar-refractivity contribution in [2.24, 2.45) is 0 Å². The highest BCUT2D eigenvalue weighted by atomic mass is 19.1. The second-order valence-electron chi connectivity index (χ2n) is 5.58. The molecule has 0 saturated heterocycles. The van der Waals surface area contributed by atoms with Gasteiger partial charge in [-0.25, -0.2) is 9.07 Å². The third-order valence-corrected chi connectivity index (χ3v) is 3.76. The first-order chi connectivity index (χ1) is 12.7. The molecule has 0 aliphatic rings. The number of hydrogen-bond acceptors (Lipinski definition) is 6. The van der Waals surface area contributed by atoms with Crippen molar-refractivity contribution < 1.29 is 13.7 Å². The summed E-state index contributed by atoms with van der Waals surface area (Å²) in [4.78, 5) is 4.35. The largest absolute Gasteiger partial charge is 0.497 e. The summed E-state index contributed by atoms with van der Waals surface area (Å²) in [6.07, 6.45) is 1.69. The molecule has 2 heterocycles. The molecule has 26 heavy (non-hydrogen) atoms. The van der Waals surface area contributed by atoms with E-state index in [2.05, 4.69) is 20.5 Å². The average Bonchev–Trinajstić information content (AvgIpc) is 3.31. The van der Waals surface area contributed by atoms with Crippen LogP contribution in [0.5, 0.6) is 5.75 Å². The Kier molecular flexibility index (Phi) is 4.14. The van der Waals surface area contributed by atoms with Gasteiger partial charge in [0.1, 0.15) is 11.6 Å². The Balaban J connectivity index is 1.53. The van der Waals surface area contributed by atoms with Gasteiger partial charge in [-0.15, -0.1) is 5.10 Å². The summed E-state index contributed by atoms with van der Waals surface area (Å²) < 4.78 is 25.3. The van der Waals surface area contributed by atoms with Crippen molar-refractivity contribution >= 4 is 0 Å². The highest BCUT2D eigenvalue weighted by molar-refractivity contribution is 5.57. The first-order valence-corrected chi connectivity index (χ1v) is 7.84. The van der Waals surface area contributed by atoms with Crippen molar-refractivity contribution in [2.45, 2.75) is 6.54 Å². The van der Waals surface area contributed by atoms with Crippen LogP contribution in [0.2, 0.25) is 0 Å². The molecule has 0 spiro atoms. The molecule has 4 rings (SSSR count). The molecule has 4 aromatic rings. The quantitative estimate of drug-likeness (QED) is 0.549. The highest BCUT2D eigenvalue weighted by Crippen LogP contribution is 2.23. The maximum Gasteiger partial charge on any atom is 0.258 e. The molecule has 0 atom stereocenters. The van der Waals surface area contributed by atoms with Crippen molar-refractivity contribution in [1.29, 1.82) is 0 Å². The van der Waals surface area contributed by atoms with Crippen LogP contribution in [0.4, 0.5) is 4.39 Å². The summed E-state index contributed by atoms with van der Waals surface area (Å²) in [6.45, 7) is 0.397. The van der Waals surface area contributed by atoms with E-state index in [-0.39, 0.29) is 5.82 Å². The van der Waals surface area contributed by atoms with Crippen LogP contribution in [0.3, 0.4) is 0 Å². The van der Waals surface area contributed by atoms with E-state index in [1.54, 1.807) is 24.1 Å². The van der Waals surface area contributed by atoms with Crippen LogP contribution in [0.1, 0.15) is 5.56 Å². The molecule has 0 aliphatic heterocycles. The predicted octanol–water partition coefficient (Wildman–Crippen LogP) is 3.19. The first-order valence-electron chi connectivity index (χ1n) is 7.84. The lowest BCUT2D eigenvalue weighted by molar-refractivity contribution is 0.414. The van der Waals surface area contributed by atoms with Crippen molar-refractivity contribution in [1.82, 2.24) is 25.1 Å². The van der Waals surface area contributed by atoms with Gasteiger partial charge in [-0.05, 0) is 42.0 Å². The van der Waals surface area contributed by atoms with E-state index >= 15 is 0 Å². The van der Waals surface area contributed by atoms with Crippen LogP contribution < -0.4 is 4.74 Å². The topological polar surface area (TPSA) is 78.9 Å². The van der Waals surface area contributed by atoms with E-state index in [4.69, 9.17) is 9.26 Å². The second-order valence-corrected chi connectivity index (χ2v) is 5.58. The molecule has 130 valence electrons. The molecule has 0 amide bonds. The van der Waals surface area contributed by atoms with E-state index in [0.717, 1.165) is 16.9 Å². The normalized spacial score (nSPS) is 10.8. The monoisotopic (exact) mass is 351 g/mol. The summed E-state index contributed by atoms with van der Waals surface area (Å²) in [7, 11) is 1.60. The molecular formula is C18H14FN5O2. The SMILES string of the molecule is COc1ccc(-c2nc(-c3cn(Cc4cccc(F)c4)nn3)no2)cc1. The molecule has 0 saturated carbocycles. The van der Waals surface area contributed by atoms with Crippen LogP contribution in [-0.4, -0.2) is 32.2 Å². The zero-order chi connectivity index (χ0) is 17.9. The molecule has 7 nitrogen and oxygen atoms in total. The average molecular weight is 351 g/mol. The van der Waals surface area contributed by atoms with Crippen molar-refractivity contribution in [3.8, 4) is 28.7 Å². The van der Waals surface area contributed by atoms with E-state index in [1.807, 2.05) is 30.3 Å². The van der Waals surface area contributed by atoms with Gasteiger partial charge >= 0.3 is 0 Å². The molecule has 0 fully saturated rings. The summed E-state index contributed by atoms with van der Waals surface area (Å²) >= 11 is 0. The summed E-state index contributed by atoms with van der Waals surface area (Å²) in [5, 5.41) is 12.0. The van der Waals surface area contributed by atoms with Gasteiger partial charge in [-0.2, -0.15) is 4.98 Å². The fraction of sp³-hybridized carbons (Fsp3) is 0.111. The van der Waals surface area contributed by atoms with Gasteiger partial charge in [0.15, 0.2) is 5.69 Å². The van der Waals surface area contributed by atoms with Crippen LogP contribution in [-0.2, 0) is 6.54 Å². The van der Waals surface area contributed by atoms with Crippen molar-refractivity contribution in [2.75, 3.05) is 7.11 Å². The minimum absolute atomic E-state index is 0.287. The fourth-order valence-electron chi connectivity index (χ4n) is 2.48. The van der Waals surface area contributed by atoms with Gasteiger partial charge in [0, 0.05) is 5.56 Å².